The summed E-state index contributed by atoms with van der Waals surface area (Å²) in [6, 6.07) is 0.139. The molecule has 0 bridgehead atoms. The van der Waals surface area contributed by atoms with Gasteiger partial charge < -0.3 is 5.32 Å². The van der Waals surface area contributed by atoms with Crippen molar-refractivity contribution in [2.75, 3.05) is 13.1 Å². The van der Waals surface area contributed by atoms with Crippen LogP contribution in [0, 0.1) is 12.8 Å². The van der Waals surface area contributed by atoms with E-state index in [-0.39, 0.29) is 11.9 Å². The second kappa shape index (κ2) is 5.60. The number of aryl methyl sites for hydroxylation is 1. The molecule has 1 aliphatic carbocycles. The van der Waals surface area contributed by atoms with Gasteiger partial charge in [0.05, 0.1) is 12.6 Å². The number of hydrogen-bond acceptors (Lipinski definition) is 4. The molecule has 0 saturated heterocycles. The van der Waals surface area contributed by atoms with E-state index in [1.165, 1.54) is 12.8 Å². The minimum absolute atomic E-state index is 0.0806. The van der Waals surface area contributed by atoms with Crippen LogP contribution in [0.25, 0.3) is 0 Å². The van der Waals surface area contributed by atoms with Gasteiger partial charge in [-0.15, -0.1) is 11.3 Å². The first-order valence-electron chi connectivity index (χ1n) is 6.07. The largest absolute Gasteiger partial charge is 0.355 e. The van der Waals surface area contributed by atoms with Crippen LogP contribution in [0.4, 0.5) is 0 Å². The van der Waals surface area contributed by atoms with Gasteiger partial charge in [-0.3, -0.25) is 10.1 Å². The Morgan fingerprint density at radius 3 is 3.00 bits per heavy atom. The lowest BCUT2D eigenvalue weighted by molar-refractivity contribution is -0.120. The number of carbonyl (C=O) groups is 1. The van der Waals surface area contributed by atoms with Crippen molar-refractivity contribution in [2.24, 2.45) is 5.92 Å². The molecule has 17 heavy (non-hydrogen) atoms. The Hall–Kier alpha value is -0.940. The van der Waals surface area contributed by atoms with Crippen LogP contribution in [0.2, 0.25) is 0 Å². The number of nitrogens with one attached hydrogen (secondary N) is 2. The molecule has 0 radical (unpaired) electrons. The minimum Gasteiger partial charge on any atom is -0.355 e. The zero-order valence-electron chi connectivity index (χ0n) is 10.3. The number of hydrogen-bond donors (Lipinski definition) is 2. The third kappa shape index (κ3) is 4.09. The summed E-state index contributed by atoms with van der Waals surface area (Å²) in [7, 11) is 0. The number of thiazole rings is 1. The van der Waals surface area contributed by atoms with Crippen molar-refractivity contribution in [2.45, 2.75) is 32.7 Å². The molecule has 0 aromatic carbocycles. The average molecular weight is 253 g/mol. The Morgan fingerprint density at radius 2 is 2.41 bits per heavy atom. The van der Waals surface area contributed by atoms with Crippen molar-refractivity contribution >= 4 is 17.2 Å². The van der Waals surface area contributed by atoms with Gasteiger partial charge in [-0.2, -0.15) is 0 Å². The highest BCUT2D eigenvalue weighted by molar-refractivity contribution is 7.09. The van der Waals surface area contributed by atoms with Crippen LogP contribution in [0.3, 0.4) is 0 Å². The predicted octanol–water partition coefficient (Wildman–Crippen LogP) is 1.63. The maximum absolute atomic E-state index is 11.5. The quantitative estimate of drug-likeness (QED) is 0.810. The molecule has 1 heterocycles. The first-order chi connectivity index (χ1) is 8.15. The Balaban J connectivity index is 1.67. The molecule has 4 nitrogen and oxygen atoms in total. The van der Waals surface area contributed by atoms with Gasteiger partial charge in [0.1, 0.15) is 5.01 Å². The molecule has 1 unspecified atom stereocenters. The summed E-state index contributed by atoms with van der Waals surface area (Å²) in [4.78, 5) is 15.9. The van der Waals surface area contributed by atoms with Gasteiger partial charge in [0.15, 0.2) is 0 Å². The Morgan fingerprint density at radius 1 is 1.65 bits per heavy atom. The summed E-state index contributed by atoms with van der Waals surface area (Å²) in [5.41, 5.74) is 1.04. The lowest BCUT2D eigenvalue weighted by Gasteiger charge is -2.11. The van der Waals surface area contributed by atoms with E-state index in [2.05, 4.69) is 15.6 Å². The molecule has 1 aliphatic rings. The standard InChI is InChI=1S/C12H19N3OS/c1-8-7-17-12(15-8)9(2)13-6-11(16)14-5-10-3-4-10/h7,9-10,13H,3-6H2,1-2H3,(H,14,16). The van der Waals surface area contributed by atoms with Crippen molar-refractivity contribution in [3.05, 3.63) is 16.1 Å². The van der Waals surface area contributed by atoms with Gasteiger partial charge >= 0.3 is 0 Å². The van der Waals surface area contributed by atoms with Gasteiger partial charge in [-0.05, 0) is 32.6 Å². The van der Waals surface area contributed by atoms with Crippen LogP contribution in [0.1, 0.15) is 36.5 Å². The average Bonchev–Trinajstić information content (AvgIpc) is 3.04. The highest BCUT2D eigenvalue weighted by Crippen LogP contribution is 2.27. The van der Waals surface area contributed by atoms with Gasteiger partial charge in [0.2, 0.25) is 5.91 Å². The smallest absolute Gasteiger partial charge is 0.233 e. The normalized spacial score (nSPS) is 16.8. The van der Waals surface area contributed by atoms with E-state index in [1.54, 1.807) is 11.3 Å². The van der Waals surface area contributed by atoms with E-state index in [9.17, 15) is 4.79 Å². The summed E-state index contributed by atoms with van der Waals surface area (Å²) in [5.74, 6) is 0.815. The molecule has 1 aromatic heterocycles. The maximum Gasteiger partial charge on any atom is 0.233 e. The number of nitrogens with zero attached hydrogens (tertiary/aromatic N) is 1. The number of aromatic nitrogens is 1. The van der Waals surface area contributed by atoms with Crippen molar-refractivity contribution in [3.8, 4) is 0 Å². The van der Waals surface area contributed by atoms with Crippen molar-refractivity contribution in [1.82, 2.24) is 15.6 Å². The molecule has 0 spiro atoms. The molecular formula is C12H19N3OS. The van der Waals surface area contributed by atoms with Gasteiger partial charge in [-0.25, -0.2) is 4.98 Å². The molecule has 1 aromatic rings. The highest BCUT2D eigenvalue weighted by Gasteiger charge is 2.21. The molecular weight excluding hydrogens is 234 g/mol. The SMILES string of the molecule is Cc1csc(C(C)NCC(=O)NCC2CC2)n1. The van der Waals surface area contributed by atoms with Crippen LogP contribution in [-0.4, -0.2) is 24.0 Å². The Labute approximate surface area is 106 Å². The summed E-state index contributed by atoms with van der Waals surface area (Å²) < 4.78 is 0. The Bertz CT molecular complexity index is 387. The second-order valence-corrected chi connectivity index (χ2v) is 5.57. The molecule has 2 N–H and O–H groups in total. The molecule has 1 atom stereocenters. The third-order valence-corrected chi connectivity index (χ3v) is 4.01. The van der Waals surface area contributed by atoms with Crippen LogP contribution >= 0.6 is 11.3 Å². The van der Waals surface area contributed by atoms with Crippen LogP contribution in [0.15, 0.2) is 5.38 Å². The maximum atomic E-state index is 11.5. The summed E-state index contributed by atoms with van der Waals surface area (Å²) >= 11 is 1.63. The van der Waals surface area contributed by atoms with E-state index >= 15 is 0 Å². The fraction of sp³-hybridized carbons (Fsp3) is 0.667. The number of rotatable bonds is 6. The zero-order chi connectivity index (χ0) is 12.3. The van der Waals surface area contributed by atoms with E-state index in [4.69, 9.17) is 0 Å². The van der Waals surface area contributed by atoms with E-state index in [1.807, 2.05) is 19.2 Å². The van der Waals surface area contributed by atoms with Crippen molar-refractivity contribution < 1.29 is 4.79 Å². The third-order valence-electron chi connectivity index (χ3n) is 2.86. The van der Waals surface area contributed by atoms with E-state index < -0.39 is 0 Å². The molecule has 0 aliphatic heterocycles. The lowest BCUT2D eigenvalue weighted by atomic mass is 10.3. The monoisotopic (exact) mass is 253 g/mol. The molecule has 1 saturated carbocycles. The summed E-state index contributed by atoms with van der Waals surface area (Å²) in [6.45, 7) is 5.22. The first-order valence-corrected chi connectivity index (χ1v) is 6.95. The molecule has 1 amide bonds. The van der Waals surface area contributed by atoms with Crippen LogP contribution < -0.4 is 10.6 Å². The van der Waals surface area contributed by atoms with Crippen molar-refractivity contribution in [1.29, 1.82) is 0 Å². The summed E-state index contributed by atoms with van der Waals surface area (Å²) in [5, 5.41) is 9.20. The van der Waals surface area contributed by atoms with Gasteiger partial charge in [0.25, 0.3) is 0 Å². The van der Waals surface area contributed by atoms with E-state index in [0.29, 0.717) is 6.54 Å². The highest BCUT2D eigenvalue weighted by atomic mass is 32.1. The second-order valence-electron chi connectivity index (χ2n) is 4.68. The molecule has 2 rings (SSSR count). The van der Waals surface area contributed by atoms with E-state index in [0.717, 1.165) is 23.2 Å². The van der Waals surface area contributed by atoms with Crippen LogP contribution in [-0.2, 0) is 4.79 Å². The molecule has 1 fully saturated rings. The minimum atomic E-state index is 0.0806. The topological polar surface area (TPSA) is 54.0 Å². The van der Waals surface area contributed by atoms with Crippen molar-refractivity contribution in [3.63, 3.8) is 0 Å². The lowest BCUT2D eigenvalue weighted by Crippen LogP contribution is -2.36. The number of amides is 1. The summed E-state index contributed by atoms with van der Waals surface area (Å²) in [6.07, 6.45) is 2.53. The molecule has 5 heteroatoms. The van der Waals surface area contributed by atoms with Crippen LogP contribution in [0.5, 0.6) is 0 Å². The Kier molecular flexibility index (Phi) is 4.12. The van der Waals surface area contributed by atoms with Gasteiger partial charge in [0, 0.05) is 17.6 Å². The molecule has 94 valence electrons. The zero-order valence-corrected chi connectivity index (χ0v) is 11.1. The predicted molar refractivity (Wildman–Crippen MR) is 69.0 cm³/mol. The first kappa shape index (κ1) is 12.5. The fourth-order valence-corrected chi connectivity index (χ4v) is 2.37. The number of carbonyl (C=O) groups excluding carboxylic acids is 1. The fourth-order valence-electron chi connectivity index (χ4n) is 1.55. The van der Waals surface area contributed by atoms with Gasteiger partial charge in [-0.1, -0.05) is 0 Å².